The summed E-state index contributed by atoms with van der Waals surface area (Å²) in [5.74, 6) is 0.128. The predicted molar refractivity (Wildman–Crippen MR) is 121 cm³/mol. The predicted octanol–water partition coefficient (Wildman–Crippen LogP) is 3.70. The summed E-state index contributed by atoms with van der Waals surface area (Å²) >= 11 is 0. The lowest BCUT2D eigenvalue weighted by atomic mass is 9.78. The molecule has 3 aliphatic rings. The Balaban J connectivity index is 1.93. The molecule has 1 aromatic rings. The molecule has 4 rings (SSSR count). The van der Waals surface area contributed by atoms with Gasteiger partial charge in [0.1, 0.15) is 17.5 Å². The van der Waals surface area contributed by atoms with Gasteiger partial charge in [0.05, 0.1) is 26.4 Å². The second kappa shape index (κ2) is 10.3. The highest BCUT2D eigenvalue weighted by Crippen LogP contribution is 2.36. The first-order valence-corrected chi connectivity index (χ1v) is 10.9. The van der Waals surface area contributed by atoms with Gasteiger partial charge in [-0.15, -0.1) is 6.58 Å². The fraction of sp³-hybridized carbons (Fsp3) is 0.542. The number of carbonyl (C=O) groups is 2. The van der Waals surface area contributed by atoms with Crippen LogP contribution in [0.1, 0.15) is 39.2 Å². The molecule has 1 N–H and O–H groups in total. The Kier molecular flexibility index (Phi) is 7.69. The van der Waals surface area contributed by atoms with Crippen molar-refractivity contribution < 1.29 is 23.8 Å². The van der Waals surface area contributed by atoms with Crippen molar-refractivity contribution in [2.45, 2.75) is 51.9 Å². The Labute approximate surface area is 189 Å². The van der Waals surface area contributed by atoms with Crippen molar-refractivity contribution in [3.63, 3.8) is 0 Å². The van der Waals surface area contributed by atoms with Crippen molar-refractivity contribution in [1.29, 1.82) is 0 Å². The van der Waals surface area contributed by atoms with Crippen molar-refractivity contribution in [2.75, 3.05) is 31.7 Å². The number of hydrogen-bond acceptors (Lipinski definition) is 6. The van der Waals surface area contributed by atoms with Gasteiger partial charge >= 0.3 is 6.09 Å². The van der Waals surface area contributed by atoms with E-state index in [1.54, 1.807) is 33.0 Å². The lowest BCUT2D eigenvalue weighted by molar-refractivity contribution is -0.124. The maximum atomic E-state index is 13.3. The zero-order valence-electron chi connectivity index (χ0n) is 19.1. The van der Waals surface area contributed by atoms with E-state index in [2.05, 4.69) is 16.9 Å². The first-order valence-electron chi connectivity index (χ1n) is 10.9. The summed E-state index contributed by atoms with van der Waals surface area (Å²) in [5.41, 5.74) is -0.390. The fourth-order valence-corrected chi connectivity index (χ4v) is 3.81. The lowest BCUT2D eigenvalue weighted by Crippen LogP contribution is -2.57. The van der Waals surface area contributed by atoms with E-state index in [1.807, 2.05) is 24.3 Å². The third-order valence-electron chi connectivity index (χ3n) is 5.52. The minimum Gasteiger partial charge on any atom is -0.444 e. The number of fused-ring (bicyclic) bond motifs is 9. The number of amides is 2. The Morgan fingerprint density at radius 1 is 1.34 bits per heavy atom. The molecule has 2 amide bonds. The summed E-state index contributed by atoms with van der Waals surface area (Å²) in [5, 5.41) is 2.89. The zero-order chi connectivity index (χ0) is 23.2. The molecule has 8 heteroatoms. The van der Waals surface area contributed by atoms with E-state index in [9.17, 15) is 9.59 Å². The molecule has 0 unspecified atom stereocenters. The van der Waals surface area contributed by atoms with Gasteiger partial charge in [0.15, 0.2) is 0 Å². The van der Waals surface area contributed by atoms with Crippen LogP contribution in [-0.2, 0) is 25.6 Å². The molecule has 1 saturated heterocycles. The number of nitrogens with zero attached hydrogens (tertiary/aromatic N) is 2. The Bertz CT molecular complexity index is 863. The van der Waals surface area contributed by atoms with Crippen LogP contribution < -0.4 is 5.32 Å². The minimum atomic E-state index is -0.693. The van der Waals surface area contributed by atoms with Gasteiger partial charge < -0.3 is 19.5 Å². The van der Waals surface area contributed by atoms with Gasteiger partial charge in [0, 0.05) is 23.7 Å². The van der Waals surface area contributed by atoms with Gasteiger partial charge in [0.25, 0.3) is 0 Å². The molecule has 0 aliphatic carbocycles. The van der Waals surface area contributed by atoms with E-state index < -0.39 is 23.2 Å². The van der Waals surface area contributed by atoms with E-state index in [-0.39, 0.29) is 12.5 Å². The minimum absolute atomic E-state index is 0.283. The van der Waals surface area contributed by atoms with Crippen molar-refractivity contribution in [2.24, 2.45) is 5.41 Å². The summed E-state index contributed by atoms with van der Waals surface area (Å²) < 4.78 is 17.2. The molecular formula is C24H33N3O5. The smallest absolute Gasteiger partial charge is 0.411 e. The van der Waals surface area contributed by atoms with Gasteiger partial charge in [-0.3, -0.25) is 9.69 Å². The zero-order valence-corrected chi connectivity index (χ0v) is 19.1. The van der Waals surface area contributed by atoms with Crippen molar-refractivity contribution in [3.05, 3.63) is 48.7 Å². The Hall–Kier alpha value is -2.71. The van der Waals surface area contributed by atoms with Crippen molar-refractivity contribution in [3.8, 4) is 0 Å². The normalized spacial score (nSPS) is 26.0. The van der Waals surface area contributed by atoms with Crippen LogP contribution in [-0.4, -0.2) is 59.9 Å². The van der Waals surface area contributed by atoms with Gasteiger partial charge in [-0.25, -0.2) is 9.78 Å². The van der Waals surface area contributed by atoms with Crippen LogP contribution in [0.2, 0.25) is 0 Å². The van der Waals surface area contributed by atoms with Gasteiger partial charge in [-0.2, -0.15) is 0 Å². The molecule has 3 aliphatic heterocycles. The lowest BCUT2D eigenvalue weighted by Gasteiger charge is -2.44. The second-order valence-corrected chi connectivity index (χ2v) is 9.23. The van der Waals surface area contributed by atoms with E-state index in [4.69, 9.17) is 14.2 Å². The van der Waals surface area contributed by atoms with Gasteiger partial charge in [-0.05, 0) is 39.7 Å². The highest BCUT2D eigenvalue weighted by Gasteiger charge is 2.44. The molecule has 1 aromatic heterocycles. The van der Waals surface area contributed by atoms with E-state index in [0.717, 1.165) is 5.56 Å². The fourth-order valence-electron chi connectivity index (χ4n) is 3.81. The first-order chi connectivity index (χ1) is 15.2. The summed E-state index contributed by atoms with van der Waals surface area (Å²) in [6.07, 6.45) is 7.82. The van der Waals surface area contributed by atoms with Crippen LogP contribution in [0, 0.1) is 5.41 Å². The SMILES string of the molecule is C=C[C@@]12CC[C@@H](C(=O)Nc3ncccc3COC/C=C/COC1)N(C(=O)OC(C)(C)C)C2. The van der Waals surface area contributed by atoms with Gasteiger partial charge in [-0.1, -0.05) is 24.3 Å². The molecule has 2 atom stereocenters. The molecule has 4 heterocycles. The number of anilines is 1. The van der Waals surface area contributed by atoms with Crippen LogP contribution in [0.25, 0.3) is 0 Å². The molecule has 0 aromatic carbocycles. The van der Waals surface area contributed by atoms with E-state index >= 15 is 0 Å². The van der Waals surface area contributed by atoms with Crippen LogP contribution in [0.5, 0.6) is 0 Å². The molecule has 0 saturated carbocycles. The van der Waals surface area contributed by atoms with Gasteiger partial charge in [0.2, 0.25) is 5.91 Å². The Morgan fingerprint density at radius 3 is 2.81 bits per heavy atom. The monoisotopic (exact) mass is 443 g/mol. The number of aromatic nitrogens is 1. The summed E-state index contributed by atoms with van der Waals surface area (Å²) in [6, 6.07) is 2.96. The number of rotatable bonds is 1. The number of ether oxygens (including phenoxy) is 3. The molecule has 1 fully saturated rings. The number of nitrogens with one attached hydrogen (secondary N) is 1. The number of hydrogen-bond donors (Lipinski definition) is 1. The molecule has 0 radical (unpaired) electrons. The van der Waals surface area contributed by atoms with Crippen LogP contribution >= 0.6 is 0 Å². The average molecular weight is 444 g/mol. The second-order valence-electron chi connectivity index (χ2n) is 9.23. The molecule has 32 heavy (non-hydrogen) atoms. The van der Waals surface area contributed by atoms with Crippen LogP contribution in [0.3, 0.4) is 0 Å². The quantitative estimate of drug-likeness (QED) is 0.666. The highest BCUT2D eigenvalue weighted by molar-refractivity contribution is 5.96. The molecule has 0 spiro atoms. The molecule has 2 bridgehead atoms. The summed E-state index contributed by atoms with van der Waals surface area (Å²) in [6.45, 7) is 11.2. The number of pyridine rings is 1. The molecular weight excluding hydrogens is 410 g/mol. The highest BCUT2D eigenvalue weighted by atomic mass is 16.6. The topological polar surface area (TPSA) is 90.0 Å². The van der Waals surface area contributed by atoms with Crippen molar-refractivity contribution in [1.82, 2.24) is 9.88 Å². The third kappa shape index (κ3) is 6.17. The van der Waals surface area contributed by atoms with E-state index in [0.29, 0.717) is 45.1 Å². The average Bonchev–Trinajstić information content (AvgIpc) is 2.74. The summed E-state index contributed by atoms with van der Waals surface area (Å²) in [4.78, 5) is 32.2. The van der Waals surface area contributed by atoms with Crippen LogP contribution in [0.15, 0.2) is 43.1 Å². The van der Waals surface area contributed by atoms with Crippen molar-refractivity contribution >= 4 is 17.8 Å². The largest absolute Gasteiger partial charge is 0.444 e. The maximum absolute atomic E-state index is 13.3. The van der Waals surface area contributed by atoms with E-state index in [1.165, 1.54) is 4.90 Å². The Morgan fingerprint density at radius 2 is 2.09 bits per heavy atom. The first kappa shape index (κ1) is 23.9. The maximum Gasteiger partial charge on any atom is 0.411 e. The summed E-state index contributed by atoms with van der Waals surface area (Å²) in [7, 11) is 0. The molecule has 174 valence electrons. The standard InChI is InChI=1S/C24H33N3O5/c1-5-24-11-10-19(27(16-24)22(29)32-23(2,3)4)21(28)26-20-18(9-8-12-25-20)15-30-13-6-7-14-31-17-24/h5-9,12,19H,1,10-11,13-17H2,2-4H3,(H,25,26,28)/b7-6+/t19-,24-/m0/s1. The molecule has 8 nitrogen and oxygen atoms in total. The third-order valence-corrected chi connectivity index (χ3v) is 5.52. The number of carbonyl (C=O) groups excluding carboxylic acids is 2. The number of piperidine rings is 1. The van der Waals surface area contributed by atoms with Crippen LogP contribution in [0.4, 0.5) is 10.6 Å².